The van der Waals surface area contributed by atoms with Crippen molar-refractivity contribution in [3.05, 3.63) is 16.4 Å². The summed E-state index contributed by atoms with van der Waals surface area (Å²) in [5, 5.41) is 3.67. The van der Waals surface area contributed by atoms with Gasteiger partial charge in [0.15, 0.2) is 5.82 Å². The van der Waals surface area contributed by atoms with Crippen LogP contribution in [0, 0.1) is 5.92 Å². The molecule has 1 aliphatic carbocycles. The van der Waals surface area contributed by atoms with Crippen molar-refractivity contribution in [1.29, 1.82) is 0 Å². The molecule has 0 radical (unpaired) electrons. The van der Waals surface area contributed by atoms with Gasteiger partial charge in [0.1, 0.15) is 0 Å². The zero-order chi connectivity index (χ0) is 11.5. The summed E-state index contributed by atoms with van der Waals surface area (Å²) in [4.78, 5) is 24.6. The minimum Gasteiger partial charge on any atom is -0.469 e. The second kappa shape index (κ2) is 4.51. The van der Waals surface area contributed by atoms with Crippen LogP contribution in [-0.4, -0.2) is 23.2 Å². The van der Waals surface area contributed by atoms with Crippen LogP contribution in [0.15, 0.2) is 9.32 Å². The number of carbonyl (C=O) groups is 1. The predicted octanol–water partition coefficient (Wildman–Crippen LogP) is 0.810. The molecule has 1 aromatic heterocycles. The Kier molecular flexibility index (Phi) is 3.07. The first-order valence-corrected chi connectivity index (χ1v) is 5.34. The number of H-pyrrole nitrogens is 1. The van der Waals surface area contributed by atoms with Gasteiger partial charge in [0.25, 0.3) is 0 Å². The molecule has 2 rings (SSSR count). The number of methoxy groups -OCH3 is 1. The van der Waals surface area contributed by atoms with E-state index in [9.17, 15) is 9.59 Å². The van der Waals surface area contributed by atoms with E-state index in [1.165, 1.54) is 7.11 Å². The molecule has 1 fully saturated rings. The lowest BCUT2D eigenvalue weighted by molar-refractivity contribution is -0.146. The van der Waals surface area contributed by atoms with Crippen LogP contribution in [0.2, 0.25) is 0 Å². The predicted molar refractivity (Wildman–Crippen MR) is 53.8 cm³/mol. The molecule has 0 bridgehead atoms. The van der Waals surface area contributed by atoms with Gasteiger partial charge in [-0.3, -0.25) is 14.3 Å². The van der Waals surface area contributed by atoms with Crippen LogP contribution < -0.4 is 5.76 Å². The Hall–Kier alpha value is -1.59. The first-order valence-electron chi connectivity index (χ1n) is 5.34. The molecule has 6 nitrogen and oxygen atoms in total. The normalized spacial score (nSPS) is 25.3. The molecule has 1 N–H and O–H groups in total. The fraction of sp³-hybridized carbons (Fsp3) is 0.700. The van der Waals surface area contributed by atoms with E-state index >= 15 is 0 Å². The van der Waals surface area contributed by atoms with Gasteiger partial charge in [-0.15, -0.1) is 0 Å². The van der Waals surface area contributed by atoms with Gasteiger partial charge in [-0.2, -0.15) is 0 Å². The Labute approximate surface area is 92.0 Å². The van der Waals surface area contributed by atoms with Crippen molar-refractivity contribution in [2.75, 3.05) is 7.11 Å². The smallest absolute Gasteiger partial charge is 0.438 e. The van der Waals surface area contributed by atoms with Crippen molar-refractivity contribution in [3.8, 4) is 0 Å². The highest BCUT2D eigenvalue weighted by atomic mass is 16.5. The van der Waals surface area contributed by atoms with Crippen LogP contribution in [0.5, 0.6) is 0 Å². The Morgan fingerprint density at radius 1 is 1.44 bits per heavy atom. The molecule has 1 saturated carbocycles. The number of rotatable bonds is 2. The molecule has 0 atom stereocenters. The molecule has 1 aromatic rings. The lowest BCUT2D eigenvalue weighted by Gasteiger charge is -2.24. The van der Waals surface area contributed by atoms with Gasteiger partial charge in [0, 0.05) is 5.92 Å². The summed E-state index contributed by atoms with van der Waals surface area (Å²) >= 11 is 0. The van der Waals surface area contributed by atoms with Crippen LogP contribution in [0.25, 0.3) is 0 Å². The van der Waals surface area contributed by atoms with Gasteiger partial charge < -0.3 is 4.74 Å². The SMILES string of the molecule is COC(=O)C1CCC(c2noc(=O)[nH]2)CC1. The van der Waals surface area contributed by atoms with Crippen molar-refractivity contribution in [1.82, 2.24) is 10.1 Å². The fourth-order valence-corrected chi connectivity index (χ4v) is 2.19. The summed E-state index contributed by atoms with van der Waals surface area (Å²) in [5.74, 6) is 0.0951. The monoisotopic (exact) mass is 226 g/mol. The Morgan fingerprint density at radius 3 is 2.62 bits per heavy atom. The van der Waals surface area contributed by atoms with E-state index in [1.54, 1.807) is 0 Å². The summed E-state index contributed by atoms with van der Waals surface area (Å²) in [7, 11) is 1.41. The maximum atomic E-state index is 11.3. The number of carbonyl (C=O) groups excluding carboxylic acids is 1. The van der Waals surface area contributed by atoms with Gasteiger partial charge in [-0.05, 0) is 25.7 Å². The van der Waals surface area contributed by atoms with Gasteiger partial charge >= 0.3 is 11.7 Å². The van der Waals surface area contributed by atoms with Crippen LogP contribution in [-0.2, 0) is 9.53 Å². The summed E-state index contributed by atoms with van der Waals surface area (Å²) < 4.78 is 9.16. The van der Waals surface area contributed by atoms with Crippen molar-refractivity contribution in [2.24, 2.45) is 5.92 Å². The van der Waals surface area contributed by atoms with Crippen molar-refractivity contribution < 1.29 is 14.1 Å². The quantitative estimate of drug-likeness (QED) is 0.754. The summed E-state index contributed by atoms with van der Waals surface area (Å²) in [6, 6.07) is 0. The van der Waals surface area contributed by atoms with E-state index < -0.39 is 5.76 Å². The number of aromatic amines is 1. The maximum absolute atomic E-state index is 11.3. The third kappa shape index (κ3) is 2.15. The van der Waals surface area contributed by atoms with E-state index in [0.717, 1.165) is 25.7 Å². The first kappa shape index (κ1) is 10.9. The van der Waals surface area contributed by atoms with Crippen LogP contribution in [0.1, 0.15) is 37.4 Å². The summed E-state index contributed by atoms with van der Waals surface area (Å²) in [6.45, 7) is 0. The molecule has 1 aliphatic rings. The van der Waals surface area contributed by atoms with Gasteiger partial charge in [0.05, 0.1) is 13.0 Å². The summed E-state index contributed by atoms with van der Waals surface area (Å²) in [6.07, 6.45) is 3.18. The molecule has 0 aromatic carbocycles. The molecule has 0 saturated heterocycles. The molecular formula is C10H14N2O4. The van der Waals surface area contributed by atoms with Crippen molar-refractivity contribution >= 4 is 5.97 Å². The lowest BCUT2D eigenvalue weighted by atomic mass is 9.82. The lowest BCUT2D eigenvalue weighted by Crippen LogP contribution is -2.22. The number of hydrogen-bond acceptors (Lipinski definition) is 5. The molecule has 0 aliphatic heterocycles. The number of esters is 1. The highest BCUT2D eigenvalue weighted by molar-refractivity contribution is 5.72. The summed E-state index contributed by atoms with van der Waals surface area (Å²) in [5.41, 5.74) is 0. The zero-order valence-electron chi connectivity index (χ0n) is 9.06. The van der Waals surface area contributed by atoms with Gasteiger partial charge in [0.2, 0.25) is 0 Å². The molecule has 1 heterocycles. The number of ether oxygens (including phenoxy) is 1. The van der Waals surface area contributed by atoms with E-state index in [1.807, 2.05) is 0 Å². The Balaban J connectivity index is 1.95. The second-order valence-corrected chi connectivity index (χ2v) is 4.05. The fourth-order valence-electron chi connectivity index (χ4n) is 2.19. The van der Waals surface area contributed by atoms with Crippen LogP contribution >= 0.6 is 0 Å². The standard InChI is InChI=1S/C10H14N2O4/c1-15-9(13)7-4-2-6(3-5-7)8-11-10(14)16-12-8/h6-7H,2-5H2,1H3,(H,11,12,14). The Morgan fingerprint density at radius 2 is 2.12 bits per heavy atom. The minimum absolute atomic E-state index is 0.0140. The number of aromatic nitrogens is 2. The third-order valence-corrected chi connectivity index (χ3v) is 3.11. The Bertz CT molecular complexity index is 414. The van der Waals surface area contributed by atoms with Gasteiger partial charge in [-0.25, -0.2) is 4.79 Å². The van der Waals surface area contributed by atoms with Gasteiger partial charge in [-0.1, -0.05) is 5.16 Å². The minimum atomic E-state index is -0.523. The largest absolute Gasteiger partial charge is 0.469 e. The van der Waals surface area contributed by atoms with E-state index in [0.29, 0.717) is 5.82 Å². The molecule has 0 unspecified atom stereocenters. The zero-order valence-corrected chi connectivity index (χ0v) is 9.06. The van der Waals surface area contributed by atoms with Crippen molar-refractivity contribution in [3.63, 3.8) is 0 Å². The van der Waals surface area contributed by atoms with E-state index in [4.69, 9.17) is 4.74 Å². The molecule has 16 heavy (non-hydrogen) atoms. The highest BCUT2D eigenvalue weighted by Crippen LogP contribution is 2.34. The van der Waals surface area contributed by atoms with Crippen LogP contribution in [0.3, 0.4) is 0 Å². The van der Waals surface area contributed by atoms with E-state index in [-0.39, 0.29) is 17.8 Å². The maximum Gasteiger partial charge on any atom is 0.438 e. The number of nitrogens with one attached hydrogen (secondary N) is 1. The number of nitrogens with zero attached hydrogens (tertiary/aromatic N) is 1. The second-order valence-electron chi connectivity index (χ2n) is 4.05. The molecule has 0 amide bonds. The van der Waals surface area contributed by atoms with Crippen LogP contribution in [0.4, 0.5) is 0 Å². The topological polar surface area (TPSA) is 85.2 Å². The average Bonchev–Trinajstić information content (AvgIpc) is 2.75. The third-order valence-electron chi connectivity index (χ3n) is 3.11. The van der Waals surface area contributed by atoms with E-state index in [2.05, 4.69) is 14.7 Å². The molecular weight excluding hydrogens is 212 g/mol. The van der Waals surface area contributed by atoms with Crippen molar-refractivity contribution in [2.45, 2.75) is 31.6 Å². The molecule has 88 valence electrons. The molecule has 0 spiro atoms. The average molecular weight is 226 g/mol. The molecule has 6 heteroatoms. The number of hydrogen-bond donors (Lipinski definition) is 1. The first-order chi connectivity index (χ1) is 7.70. The highest BCUT2D eigenvalue weighted by Gasteiger charge is 2.29.